The Balaban J connectivity index is 1.50. The zero-order valence-corrected chi connectivity index (χ0v) is 13.1. The summed E-state index contributed by atoms with van der Waals surface area (Å²) < 4.78 is 5.52. The molecular formula is C17H32N2O. The predicted molar refractivity (Wildman–Crippen MR) is 82.9 cm³/mol. The van der Waals surface area contributed by atoms with Crippen LogP contribution >= 0.6 is 0 Å². The summed E-state index contributed by atoms with van der Waals surface area (Å²) in [7, 11) is 0. The van der Waals surface area contributed by atoms with Crippen LogP contribution in [0, 0.1) is 11.3 Å². The molecule has 3 atom stereocenters. The standard InChI is InChI=1S/C17H32N2O/c1-17(8-11-20-12-9-17)13-19-16-7-4-5-14(16)15-6-2-3-10-18-15/h14-16,18-19H,2-13H2,1H3. The zero-order chi connectivity index (χ0) is 13.8. The van der Waals surface area contributed by atoms with Crippen LogP contribution in [-0.2, 0) is 4.74 Å². The lowest BCUT2D eigenvalue weighted by molar-refractivity contribution is 0.0219. The number of piperidine rings is 1. The van der Waals surface area contributed by atoms with Gasteiger partial charge in [-0.05, 0) is 56.4 Å². The van der Waals surface area contributed by atoms with Crippen molar-refractivity contribution in [2.45, 2.75) is 70.4 Å². The number of rotatable bonds is 4. The Hall–Kier alpha value is -0.120. The molecule has 3 rings (SSSR count). The molecule has 1 aliphatic carbocycles. The molecule has 0 bridgehead atoms. The fourth-order valence-corrected chi connectivity index (χ4v) is 4.39. The van der Waals surface area contributed by atoms with Crippen LogP contribution in [0.1, 0.15) is 58.3 Å². The van der Waals surface area contributed by atoms with Crippen LogP contribution in [0.5, 0.6) is 0 Å². The van der Waals surface area contributed by atoms with Crippen LogP contribution in [0.2, 0.25) is 0 Å². The Kier molecular flexibility index (Phi) is 5.00. The van der Waals surface area contributed by atoms with Gasteiger partial charge in [-0.15, -0.1) is 0 Å². The lowest BCUT2D eigenvalue weighted by Crippen LogP contribution is -2.49. The van der Waals surface area contributed by atoms with E-state index < -0.39 is 0 Å². The molecule has 0 aromatic carbocycles. The molecule has 2 heterocycles. The van der Waals surface area contributed by atoms with Crippen molar-refractivity contribution in [1.29, 1.82) is 0 Å². The van der Waals surface area contributed by atoms with E-state index in [-0.39, 0.29) is 0 Å². The molecule has 0 spiro atoms. The van der Waals surface area contributed by atoms with Crippen LogP contribution in [-0.4, -0.2) is 38.4 Å². The molecule has 2 N–H and O–H groups in total. The van der Waals surface area contributed by atoms with Crippen molar-refractivity contribution in [1.82, 2.24) is 10.6 Å². The van der Waals surface area contributed by atoms with Gasteiger partial charge in [-0.2, -0.15) is 0 Å². The highest BCUT2D eigenvalue weighted by Crippen LogP contribution is 2.34. The smallest absolute Gasteiger partial charge is 0.0471 e. The molecule has 3 nitrogen and oxygen atoms in total. The second-order valence-electron chi connectivity index (χ2n) is 7.56. The quantitative estimate of drug-likeness (QED) is 0.831. The van der Waals surface area contributed by atoms with Gasteiger partial charge in [0.1, 0.15) is 0 Å². The average molecular weight is 280 g/mol. The van der Waals surface area contributed by atoms with Crippen molar-refractivity contribution in [3.8, 4) is 0 Å². The molecule has 0 aromatic rings. The van der Waals surface area contributed by atoms with Crippen molar-refractivity contribution in [2.75, 3.05) is 26.3 Å². The first-order chi connectivity index (χ1) is 9.77. The van der Waals surface area contributed by atoms with Gasteiger partial charge in [-0.25, -0.2) is 0 Å². The Morgan fingerprint density at radius 2 is 1.95 bits per heavy atom. The third-order valence-electron chi connectivity index (χ3n) is 5.93. The highest BCUT2D eigenvalue weighted by atomic mass is 16.5. The van der Waals surface area contributed by atoms with E-state index in [0.29, 0.717) is 5.41 Å². The summed E-state index contributed by atoms with van der Waals surface area (Å²) >= 11 is 0. The summed E-state index contributed by atoms with van der Waals surface area (Å²) in [5.74, 6) is 0.874. The molecule has 0 aromatic heterocycles. The van der Waals surface area contributed by atoms with Crippen molar-refractivity contribution in [3.63, 3.8) is 0 Å². The second-order valence-corrected chi connectivity index (χ2v) is 7.56. The first-order valence-electron chi connectivity index (χ1n) is 8.81. The Morgan fingerprint density at radius 1 is 1.10 bits per heavy atom. The largest absolute Gasteiger partial charge is 0.381 e. The lowest BCUT2D eigenvalue weighted by Gasteiger charge is -2.37. The molecule has 1 saturated carbocycles. The van der Waals surface area contributed by atoms with E-state index in [2.05, 4.69) is 17.6 Å². The van der Waals surface area contributed by atoms with Gasteiger partial charge in [-0.1, -0.05) is 19.8 Å². The summed E-state index contributed by atoms with van der Waals surface area (Å²) in [4.78, 5) is 0. The molecule has 2 aliphatic heterocycles. The molecular weight excluding hydrogens is 248 g/mol. The Morgan fingerprint density at radius 3 is 2.70 bits per heavy atom. The normalized spacial score (nSPS) is 38.0. The van der Waals surface area contributed by atoms with Gasteiger partial charge in [0.25, 0.3) is 0 Å². The van der Waals surface area contributed by atoms with Gasteiger partial charge in [0, 0.05) is 31.8 Å². The zero-order valence-electron chi connectivity index (χ0n) is 13.1. The van der Waals surface area contributed by atoms with Gasteiger partial charge in [0.2, 0.25) is 0 Å². The Labute approximate surface area is 124 Å². The third-order valence-corrected chi connectivity index (χ3v) is 5.93. The molecule has 116 valence electrons. The van der Waals surface area contributed by atoms with Crippen molar-refractivity contribution in [3.05, 3.63) is 0 Å². The van der Waals surface area contributed by atoms with Gasteiger partial charge in [0.15, 0.2) is 0 Å². The molecule has 0 amide bonds. The number of ether oxygens (including phenoxy) is 1. The average Bonchev–Trinajstić information content (AvgIpc) is 2.95. The highest BCUT2D eigenvalue weighted by molar-refractivity contribution is 4.93. The summed E-state index contributed by atoms with van der Waals surface area (Å²) in [5.41, 5.74) is 0.464. The van der Waals surface area contributed by atoms with Crippen LogP contribution in [0.3, 0.4) is 0 Å². The fraction of sp³-hybridized carbons (Fsp3) is 1.00. The van der Waals surface area contributed by atoms with Gasteiger partial charge < -0.3 is 15.4 Å². The van der Waals surface area contributed by atoms with Gasteiger partial charge in [0.05, 0.1) is 0 Å². The molecule has 0 radical (unpaired) electrons. The predicted octanol–water partition coefficient (Wildman–Crippen LogP) is 2.70. The molecule has 20 heavy (non-hydrogen) atoms. The first-order valence-corrected chi connectivity index (χ1v) is 8.81. The van der Waals surface area contributed by atoms with Crippen LogP contribution in [0.15, 0.2) is 0 Å². The maximum atomic E-state index is 5.52. The van der Waals surface area contributed by atoms with Crippen molar-refractivity contribution < 1.29 is 4.74 Å². The van der Waals surface area contributed by atoms with E-state index in [1.807, 2.05) is 0 Å². The molecule has 3 aliphatic rings. The minimum absolute atomic E-state index is 0.464. The topological polar surface area (TPSA) is 33.3 Å². The van der Waals surface area contributed by atoms with E-state index in [0.717, 1.165) is 31.2 Å². The maximum absolute atomic E-state index is 5.52. The van der Waals surface area contributed by atoms with E-state index in [1.165, 1.54) is 64.5 Å². The van der Waals surface area contributed by atoms with Gasteiger partial charge in [-0.3, -0.25) is 0 Å². The van der Waals surface area contributed by atoms with Crippen molar-refractivity contribution in [2.24, 2.45) is 11.3 Å². The summed E-state index contributed by atoms with van der Waals surface area (Å²) in [6.45, 7) is 6.77. The monoisotopic (exact) mass is 280 g/mol. The minimum atomic E-state index is 0.464. The van der Waals surface area contributed by atoms with Crippen LogP contribution < -0.4 is 10.6 Å². The van der Waals surface area contributed by atoms with Crippen molar-refractivity contribution >= 4 is 0 Å². The third kappa shape index (κ3) is 3.55. The van der Waals surface area contributed by atoms with E-state index in [4.69, 9.17) is 4.74 Å². The lowest BCUT2D eigenvalue weighted by atomic mass is 9.81. The van der Waals surface area contributed by atoms with E-state index in [1.54, 1.807) is 0 Å². The summed E-state index contributed by atoms with van der Waals surface area (Å²) in [6, 6.07) is 1.54. The van der Waals surface area contributed by atoms with Crippen LogP contribution in [0.4, 0.5) is 0 Å². The minimum Gasteiger partial charge on any atom is -0.381 e. The maximum Gasteiger partial charge on any atom is 0.0471 e. The highest BCUT2D eigenvalue weighted by Gasteiger charge is 2.35. The summed E-state index contributed by atoms with van der Waals surface area (Å²) in [6.07, 6.45) is 10.9. The second kappa shape index (κ2) is 6.76. The van der Waals surface area contributed by atoms with Crippen LogP contribution in [0.25, 0.3) is 0 Å². The number of hydrogen-bond donors (Lipinski definition) is 2. The molecule has 3 fully saturated rings. The molecule has 3 unspecified atom stereocenters. The summed E-state index contributed by atoms with van der Waals surface area (Å²) in [5, 5.41) is 7.72. The molecule has 2 saturated heterocycles. The molecule has 3 heteroatoms. The van der Waals surface area contributed by atoms with Gasteiger partial charge >= 0.3 is 0 Å². The Bertz CT molecular complexity index is 295. The number of hydrogen-bond acceptors (Lipinski definition) is 3. The fourth-order valence-electron chi connectivity index (χ4n) is 4.39. The number of nitrogens with one attached hydrogen (secondary N) is 2. The van der Waals surface area contributed by atoms with E-state index in [9.17, 15) is 0 Å². The first kappa shape index (κ1) is 14.8. The SMILES string of the molecule is CC1(CNC2CCCC2C2CCCCN2)CCOCC1. The van der Waals surface area contributed by atoms with E-state index >= 15 is 0 Å².